The van der Waals surface area contributed by atoms with Gasteiger partial charge in [-0.3, -0.25) is 0 Å². The van der Waals surface area contributed by atoms with Crippen molar-refractivity contribution in [3.05, 3.63) is 51.6 Å². The molecule has 3 aromatic rings. The minimum absolute atomic E-state index is 0.0233. The number of rotatable bonds is 6. The Labute approximate surface area is 139 Å². The van der Waals surface area contributed by atoms with E-state index in [2.05, 4.69) is 9.97 Å². The quantitative estimate of drug-likeness (QED) is 0.382. The molecule has 0 unspecified atom stereocenters. The lowest BCUT2D eigenvalue weighted by atomic mass is 10.4. The molecule has 0 spiro atoms. The highest BCUT2D eigenvalue weighted by Gasteiger charge is 2.19. The summed E-state index contributed by atoms with van der Waals surface area (Å²) >= 11 is 1.27. The molecule has 0 saturated carbocycles. The summed E-state index contributed by atoms with van der Waals surface area (Å²) in [6.45, 7) is 1.76. The second kappa shape index (κ2) is 6.62. The molecule has 0 radical (unpaired) electrons. The number of thiazole rings is 1. The monoisotopic (exact) mass is 348 g/mol. The number of aryl methyl sites for hydroxylation is 1. The van der Waals surface area contributed by atoms with Gasteiger partial charge >= 0.3 is 11.8 Å². The maximum atomic E-state index is 12.0. The molecule has 0 atom stereocenters. The topological polar surface area (TPSA) is 113 Å². The molecule has 124 valence electrons. The minimum Gasteiger partial charge on any atom is -0.462 e. The van der Waals surface area contributed by atoms with Crippen LogP contribution in [0.4, 0.5) is 5.82 Å². The van der Waals surface area contributed by atoms with Crippen LogP contribution in [0.25, 0.3) is 10.8 Å². The normalized spacial score (nSPS) is 10.7. The van der Waals surface area contributed by atoms with Gasteiger partial charge in [0, 0.05) is 12.3 Å². The molecule has 3 heterocycles. The lowest BCUT2D eigenvalue weighted by Crippen LogP contribution is -2.14. The van der Waals surface area contributed by atoms with Crippen LogP contribution < -0.4 is 0 Å². The summed E-state index contributed by atoms with van der Waals surface area (Å²) in [7, 11) is 0. The highest BCUT2D eigenvalue weighted by molar-refractivity contribution is 7.13. The summed E-state index contributed by atoms with van der Waals surface area (Å²) in [4.78, 5) is 30.4. The Morgan fingerprint density at radius 3 is 3.08 bits per heavy atom. The number of nitro groups is 1. The predicted octanol–water partition coefficient (Wildman–Crippen LogP) is 2.67. The van der Waals surface area contributed by atoms with Crippen LogP contribution in [0.1, 0.15) is 16.3 Å². The molecular formula is C14H12N4O5S. The van der Waals surface area contributed by atoms with Crippen molar-refractivity contribution in [2.24, 2.45) is 0 Å². The van der Waals surface area contributed by atoms with Gasteiger partial charge in [-0.2, -0.15) is 0 Å². The van der Waals surface area contributed by atoms with Crippen LogP contribution >= 0.6 is 11.3 Å². The van der Waals surface area contributed by atoms with E-state index in [9.17, 15) is 14.9 Å². The van der Waals surface area contributed by atoms with Crippen molar-refractivity contribution in [1.29, 1.82) is 0 Å². The number of furan rings is 1. The van der Waals surface area contributed by atoms with Gasteiger partial charge in [-0.05, 0) is 17.1 Å². The Balaban J connectivity index is 1.60. The third-order valence-corrected chi connectivity index (χ3v) is 4.07. The number of ether oxygens (including phenoxy) is 1. The van der Waals surface area contributed by atoms with Crippen molar-refractivity contribution < 1.29 is 18.9 Å². The molecule has 0 saturated heterocycles. The predicted molar refractivity (Wildman–Crippen MR) is 83.7 cm³/mol. The summed E-state index contributed by atoms with van der Waals surface area (Å²) in [6.07, 6.45) is 2.70. The van der Waals surface area contributed by atoms with Gasteiger partial charge in [-0.15, -0.1) is 11.3 Å². The van der Waals surface area contributed by atoms with Crippen LogP contribution in [0, 0.1) is 17.0 Å². The smallest absolute Gasteiger partial charge is 0.357 e. The highest BCUT2D eigenvalue weighted by Crippen LogP contribution is 2.24. The van der Waals surface area contributed by atoms with E-state index in [0.717, 1.165) is 0 Å². The first kappa shape index (κ1) is 15.9. The molecule has 0 fully saturated rings. The molecule has 10 heteroatoms. The Morgan fingerprint density at radius 2 is 2.38 bits per heavy atom. The fraction of sp³-hybridized carbons (Fsp3) is 0.214. The molecule has 0 N–H and O–H groups in total. The van der Waals surface area contributed by atoms with Crippen LogP contribution in [-0.4, -0.2) is 32.0 Å². The van der Waals surface area contributed by atoms with E-state index in [0.29, 0.717) is 16.6 Å². The largest absolute Gasteiger partial charge is 0.462 e. The summed E-state index contributed by atoms with van der Waals surface area (Å²) < 4.78 is 11.7. The Morgan fingerprint density at radius 1 is 1.54 bits per heavy atom. The Kier molecular flexibility index (Phi) is 4.38. The summed E-state index contributed by atoms with van der Waals surface area (Å²) in [6, 6.07) is 3.48. The first-order chi connectivity index (χ1) is 11.6. The average molecular weight is 348 g/mol. The fourth-order valence-electron chi connectivity index (χ4n) is 2.06. The molecule has 3 rings (SSSR count). The van der Waals surface area contributed by atoms with Gasteiger partial charge in [0.2, 0.25) is 0 Å². The highest BCUT2D eigenvalue weighted by atomic mass is 32.1. The van der Waals surface area contributed by atoms with Gasteiger partial charge in [-0.25, -0.2) is 19.3 Å². The lowest BCUT2D eigenvalue weighted by Gasteiger charge is -2.04. The molecule has 0 bridgehead atoms. The van der Waals surface area contributed by atoms with E-state index in [1.54, 1.807) is 24.4 Å². The summed E-state index contributed by atoms with van der Waals surface area (Å²) in [5, 5.41) is 13.0. The van der Waals surface area contributed by atoms with Gasteiger partial charge in [0.25, 0.3) is 0 Å². The molecule has 0 aliphatic carbocycles. The lowest BCUT2D eigenvalue weighted by molar-refractivity contribution is -0.392. The molecule has 0 aliphatic rings. The van der Waals surface area contributed by atoms with Crippen LogP contribution in [-0.2, 0) is 11.3 Å². The number of carbonyl (C=O) groups excluding carboxylic acids is 1. The standard InChI is InChI=1S/C14H12N4O5S/c1-9-15-7-12(18(20)21)17(9)4-6-23-14(19)10-8-24-13(16-10)11-3-2-5-22-11/h2-3,5,7-8H,4,6H2,1H3. The first-order valence-electron chi connectivity index (χ1n) is 6.89. The average Bonchev–Trinajstić information content (AvgIpc) is 3.27. The number of carbonyl (C=O) groups is 1. The van der Waals surface area contributed by atoms with E-state index in [4.69, 9.17) is 9.15 Å². The van der Waals surface area contributed by atoms with Gasteiger partial charge in [-0.1, -0.05) is 0 Å². The zero-order chi connectivity index (χ0) is 17.1. The van der Waals surface area contributed by atoms with Gasteiger partial charge in [0.15, 0.2) is 22.3 Å². The van der Waals surface area contributed by atoms with Gasteiger partial charge in [0.1, 0.15) is 19.3 Å². The van der Waals surface area contributed by atoms with Crippen molar-refractivity contribution >= 4 is 23.1 Å². The fourth-order valence-corrected chi connectivity index (χ4v) is 2.82. The van der Waals surface area contributed by atoms with Crippen LogP contribution in [0.3, 0.4) is 0 Å². The number of hydrogen-bond acceptors (Lipinski definition) is 8. The minimum atomic E-state index is -0.593. The Bertz CT molecular complexity index is 868. The summed E-state index contributed by atoms with van der Waals surface area (Å²) in [5.41, 5.74) is 0.170. The molecule has 9 nitrogen and oxygen atoms in total. The molecule has 0 amide bonds. The van der Waals surface area contributed by atoms with Crippen molar-refractivity contribution in [3.8, 4) is 10.8 Å². The van der Waals surface area contributed by atoms with E-state index < -0.39 is 10.9 Å². The number of esters is 1. The Hall–Kier alpha value is -3.01. The number of hydrogen-bond donors (Lipinski definition) is 0. The molecule has 0 aromatic carbocycles. The molecule has 3 aromatic heterocycles. The maximum absolute atomic E-state index is 12.0. The summed E-state index contributed by atoms with van der Waals surface area (Å²) in [5.74, 6) is 0.317. The third kappa shape index (κ3) is 3.18. The zero-order valence-corrected chi connectivity index (χ0v) is 13.4. The van der Waals surface area contributed by atoms with Gasteiger partial charge in [0.05, 0.1) is 6.26 Å². The van der Waals surface area contributed by atoms with Gasteiger partial charge < -0.3 is 19.3 Å². The molecule has 0 aliphatic heterocycles. The van der Waals surface area contributed by atoms with Crippen molar-refractivity contribution in [3.63, 3.8) is 0 Å². The van der Waals surface area contributed by atoms with E-state index >= 15 is 0 Å². The first-order valence-corrected chi connectivity index (χ1v) is 7.77. The van der Waals surface area contributed by atoms with Crippen LogP contribution in [0.5, 0.6) is 0 Å². The van der Waals surface area contributed by atoms with E-state index in [-0.39, 0.29) is 24.7 Å². The van der Waals surface area contributed by atoms with Crippen molar-refractivity contribution in [2.75, 3.05) is 6.61 Å². The second-order valence-electron chi connectivity index (χ2n) is 4.72. The molecule has 24 heavy (non-hydrogen) atoms. The third-order valence-electron chi connectivity index (χ3n) is 3.21. The second-order valence-corrected chi connectivity index (χ2v) is 5.58. The SMILES string of the molecule is Cc1ncc([N+](=O)[O-])n1CCOC(=O)c1csc(-c2ccco2)n1. The van der Waals surface area contributed by atoms with E-state index in [1.165, 1.54) is 28.4 Å². The van der Waals surface area contributed by atoms with E-state index in [1.807, 2.05) is 0 Å². The number of imidazole rings is 1. The van der Waals surface area contributed by atoms with Crippen molar-refractivity contribution in [1.82, 2.24) is 14.5 Å². The number of nitrogens with zero attached hydrogens (tertiary/aromatic N) is 4. The molecular weight excluding hydrogens is 336 g/mol. The van der Waals surface area contributed by atoms with Crippen LogP contribution in [0.15, 0.2) is 34.4 Å². The zero-order valence-electron chi connectivity index (χ0n) is 12.5. The number of aromatic nitrogens is 3. The maximum Gasteiger partial charge on any atom is 0.357 e. The van der Waals surface area contributed by atoms with Crippen molar-refractivity contribution in [2.45, 2.75) is 13.5 Å². The van der Waals surface area contributed by atoms with Crippen LogP contribution in [0.2, 0.25) is 0 Å².